The van der Waals surface area contributed by atoms with E-state index in [1.54, 1.807) is 20.2 Å². The zero-order valence-corrected chi connectivity index (χ0v) is 10.5. The number of carbonyl (C=O) groups excluding carboxylic acids is 1. The molecule has 7 heteroatoms. The summed E-state index contributed by atoms with van der Waals surface area (Å²) in [5.41, 5.74) is 0.537. The zero-order chi connectivity index (χ0) is 14.0. The quantitative estimate of drug-likeness (QED) is 0.855. The SMILES string of the molecule is Cc1oc(CNC(=O)c2cnn(C)c2)cc1C(=O)O. The van der Waals surface area contributed by atoms with E-state index in [0.29, 0.717) is 17.1 Å². The first-order chi connectivity index (χ1) is 8.97. The number of hydrogen-bond donors (Lipinski definition) is 2. The second-order valence-electron chi connectivity index (χ2n) is 4.07. The fourth-order valence-electron chi connectivity index (χ4n) is 1.65. The Labute approximate surface area is 108 Å². The first-order valence-electron chi connectivity index (χ1n) is 5.57. The average Bonchev–Trinajstić information content (AvgIpc) is 2.92. The van der Waals surface area contributed by atoms with Gasteiger partial charge in [-0.1, -0.05) is 0 Å². The van der Waals surface area contributed by atoms with Crippen molar-refractivity contribution in [1.29, 1.82) is 0 Å². The number of carboxylic acids is 1. The minimum Gasteiger partial charge on any atom is -0.478 e. The number of hydrogen-bond acceptors (Lipinski definition) is 4. The molecule has 7 nitrogen and oxygen atoms in total. The van der Waals surface area contributed by atoms with Gasteiger partial charge in [-0.15, -0.1) is 0 Å². The van der Waals surface area contributed by atoms with E-state index in [9.17, 15) is 9.59 Å². The molecule has 0 spiro atoms. The van der Waals surface area contributed by atoms with Crippen molar-refractivity contribution in [3.8, 4) is 0 Å². The molecule has 0 aliphatic carbocycles. The maximum Gasteiger partial charge on any atom is 0.339 e. The Bertz CT molecular complexity index is 627. The Kier molecular flexibility index (Phi) is 3.37. The van der Waals surface area contributed by atoms with Gasteiger partial charge in [0.1, 0.15) is 17.1 Å². The van der Waals surface area contributed by atoms with Gasteiger partial charge >= 0.3 is 5.97 Å². The molecule has 2 aromatic rings. The Morgan fingerprint density at radius 1 is 1.53 bits per heavy atom. The van der Waals surface area contributed by atoms with Gasteiger partial charge in [-0.25, -0.2) is 4.79 Å². The summed E-state index contributed by atoms with van der Waals surface area (Å²) in [5, 5.41) is 15.4. The van der Waals surface area contributed by atoms with E-state index >= 15 is 0 Å². The van der Waals surface area contributed by atoms with Gasteiger partial charge in [0.25, 0.3) is 5.91 Å². The molecule has 1 amide bonds. The highest BCUT2D eigenvalue weighted by atomic mass is 16.4. The molecule has 0 saturated heterocycles. The lowest BCUT2D eigenvalue weighted by Crippen LogP contribution is -2.22. The van der Waals surface area contributed by atoms with Gasteiger partial charge in [-0.05, 0) is 13.0 Å². The summed E-state index contributed by atoms with van der Waals surface area (Å²) in [4.78, 5) is 22.6. The fraction of sp³-hybridized carbons (Fsp3) is 0.250. The Balaban J connectivity index is 2.01. The van der Waals surface area contributed by atoms with E-state index < -0.39 is 5.97 Å². The van der Waals surface area contributed by atoms with Crippen molar-refractivity contribution in [3.63, 3.8) is 0 Å². The van der Waals surface area contributed by atoms with Gasteiger partial charge in [0.2, 0.25) is 0 Å². The standard InChI is InChI=1S/C12H13N3O4/c1-7-10(12(17)18)3-9(19-7)5-13-11(16)8-4-14-15(2)6-8/h3-4,6H,5H2,1-2H3,(H,13,16)(H,17,18). The second kappa shape index (κ2) is 4.97. The lowest BCUT2D eigenvalue weighted by atomic mass is 10.2. The number of aromatic carboxylic acids is 1. The van der Waals surface area contributed by atoms with E-state index in [4.69, 9.17) is 9.52 Å². The summed E-state index contributed by atoms with van der Waals surface area (Å²) in [6, 6.07) is 1.40. The zero-order valence-electron chi connectivity index (χ0n) is 10.5. The highest BCUT2D eigenvalue weighted by Crippen LogP contribution is 2.14. The number of amides is 1. The van der Waals surface area contributed by atoms with Gasteiger partial charge in [-0.3, -0.25) is 9.48 Å². The smallest absolute Gasteiger partial charge is 0.339 e. The van der Waals surface area contributed by atoms with E-state index in [1.807, 2.05) is 0 Å². The van der Waals surface area contributed by atoms with Gasteiger partial charge < -0.3 is 14.8 Å². The number of aryl methyl sites for hydroxylation is 2. The molecule has 0 saturated carbocycles. The van der Waals surface area contributed by atoms with Gasteiger partial charge in [0, 0.05) is 13.2 Å². The Morgan fingerprint density at radius 2 is 2.26 bits per heavy atom. The number of carboxylic acid groups (broad SMARTS) is 1. The molecular weight excluding hydrogens is 250 g/mol. The van der Waals surface area contributed by atoms with Crippen LogP contribution in [0.25, 0.3) is 0 Å². The van der Waals surface area contributed by atoms with E-state index in [1.165, 1.54) is 16.9 Å². The van der Waals surface area contributed by atoms with Crippen LogP contribution >= 0.6 is 0 Å². The van der Waals surface area contributed by atoms with Crippen LogP contribution in [0.1, 0.15) is 32.2 Å². The Hall–Kier alpha value is -2.57. The van der Waals surface area contributed by atoms with Crippen LogP contribution in [0, 0.1) is 6.92 Å². The monoisotopic (exact) mass is 263 g/mol. The lowest BCUT2D eigenvalue weighted by molar-refractivity contribution is 0.0694. The molecule has 100 valence electrons. The fourth-order valence-corrected chi connectivity index (χ4v) is 1.65. The molecule has 0 aromatic carbocycles. The average molecular weight is 263 g/mol. The lowest BCUT2D eigenvalue weighted by Gasteiger charge is -2.00. The third-order valence-corrected chi connectivity index (χ3v) is 2.59. The van der Waals surface area contributed by atoms with Crippen LogP contribution in [-0.2, 0) is 13.6 Å². The molecule has 0 atom stereocenters. The molecule has 2 heterocycles. The van der Waals surface area contributed by atoms with Crippen molar-refractivity contribution in [3.05, 3.63) is 41.1 Å². The van der Waals surface area contributed by atoms with Gasteiger partial charge in [0.05, 0.1) is 18.3 Å². The second-order valence-corrected chi connectivity index (χ2v) is 4.07. The summed E-state index contributed by atoms with van der Waals surface area (Å²) in [6.45, 7) is 1.69. The predicted octanol–water partition coefficient (Wildman–Crippen LogP) is 0.950. The number of nitrogens with zero attached hydrogens (tertiary/aromatic N) is 2. The highest BCUT2D eigenvalue weighted by Gasteiger charge is 2.14. The van der Waals surface area contributed by atoms with Crippen LogP contribution in [0.15, 0.2) is 22.9 Å². The molecule has 0 radical (unpaired) electrons. The van der Waals surface area contributed by atoms with Crippen LogP contribution in [0.5, 0.6) is 0 Å². The largest absolute Gasteiger partial charge is 0.478 e. The van der Waals surface area contributed by atoms with Crippen LogP contribution in [-0.4, -0.2) is 26.8 Å². The molecule has 0 bridgehead atoms. The topological polar surface area (TPSA) is 97.4 Å². The molecule has 0 fully saturated rings. The third-order valence-electron chi connectivity index (χ3n) is 2.59. The van der Waals surface area contributed by atoms with E-state index in [2.05, 4.69) is 10.4 Å². The molecule has 2 aromatic heterocycles. The maximum absolute atomic E-state index is 11.7. The number of nitrogens with one attached hydrogen (secondary N) is 1. The molecular formula is C12H13N3O4. The molecule has 0 unspecified atom stereocenters. The number of rotatable bonds is 4. The third kappa shape index (κ3) is 2.82. The number of carbonyl (C=O) groups is 2. The van der Waals surface area contributed by atoms with Crippen molar-refractivity contribution in [2.45, 2.75) is 13.5 Å². The van der Waals surface area contributed by atoms with Crippen molar-refractivity contribution in [2.24, 2.45) is 7.05 Å². The first-order valence-corrected chi connectivity index (χ1v) is 5.57. The van der Waals surface area contributed by atoms with E-state index in [-0.39, 0.29) is 18.0 Å². The predicted molar refractivity (Wildman–Crippen MR) is 64.8 cm³/mol. The van der Waals surface area contributed by atoms with Crippen molar-refractivity contribution < 1.29 is 19.1 Å². The van der Waals surface area contributed by atoms with Crippen molar-refractivity contribution in [1.82, 2.24) is 15.1 Å². The van der Waals surface area contributed by atoms with Gasteiger partial charge in [0.15, 0.2) is 0 Å². The highest BCUT2D eigenvalue weighted by molar-refractivity contribution is 5.93. The first kappa shape index (κ1) is 12.9. The van der Waals surface area contributed by atoms with Crippen LogP contribution in [0.2, 0.25) is 0 Å². The molecule has 0 aliphatic rings. The van der Waals surface area contributed by atoms with E-state index in [0.717, 1.165) is 0 Å². The molecule has 2 N–H and O–H groups in total. The van der Waals surface area contributed by atoms with Crippen molar-refractivity contribution in [2.75, 3.05) is 0 Å². The summed E-state index contributed by atoms with van der Waals surface area (Å²) in [5.74, 6) is -0.629. The van der Waals surface area contributed by atoms with Crippen molar-refractivity contribution >= 4 is 11.9 Å². The minimum absolute atomic E-state index is 0.102. The number of furan rings is 1. The van der Waals surface area contributed by atoms with Gasteiger partial charge in [-0.2, -0.15) is 5.10 Å². The number of aromatic nitrogens is 2. The summed E-state index contributed by atoms with van der Waals surface area (Å²) < 4.78 is 6.77. The molecule has 19 heavy (non-hydrogen) atoms. The summed E-state index contributed by atoms with van der Waals surface area (Å²) >= 11 is 0. The normalized spacial score (nSPS) is 10.4. The maximum atomic E-state index is 11.7. The summed E-state index contributed by atoms with van der Waals surface area (Å²) in [6.07, 6.45) is 3.04. The van der Waals surface area contributed by atoms with Crippen LogP contribution in [0.4, 0.5) is 0 Å². The Morgan fingerprint density at radius 3 is 2.79 bits per heavy atom. The molecule has 0 aliphatic heterocycles. The van der Waals surface area contributed by atoms with Crippen LogP contribution in [0.3, 0.4) is 0 Å². The van der Waals surface area contributed by atoms with Crippen LogP contribution < -0.4 is 5.32 Å². The minimum atomic E-state index is -1.05. The summed E-state index contributed by atoms with van der Waals surface area (Å²) in [7, 11) is 1.71. The molecule has 2 rings (SSSR count).